The lowest BCUT2D eigenvalue weighted by Gasteiger charge is -2.35. The third-order valence-electron chi connectivity index (χ3n) is 5.85. The molecular formula is C25H37N5O3S. The Morgan fingerprint density at radius 2 is 1.97 bits per heavy atom. The Morgan fingerprint density at radius 3 is 2.65 bits per heavy atom. The highest BCUT2D eigenvalue weighted by molar-refractivity contribution is 7.99. The van der Waals surface area contributed by atoms with E-state index in [9.17, 15) is 9.59 Å². The average molecular weight is 488 g/mol. The molecule has 34 heavy (non-hydrogen) atoms. The maximum Gasteiger partial charge on any atom is 0.410 e. The summed E-state index contributed by atoms with van der Waals surface area (Å²) in [5.74, 6) is 1.49. The van der Waals surface area contributed by atoms with Crippen molar-refractivity contribution >= 4 is 23.8 Å². The summed E-state index contributed by atoms with van der Waals surface area (Å²) in [7, 11) is 1.76. The SMILES string of the molecule is CCn1c(SCC(=O)N2CCCC(CN(C)C(=O)OC(C)(C)C)C2)nnc1-c1ccccc1C. The molecule has 2 aromatic rings. The molecule has 1 aromatic heterocycles. The molecule has 1 unspecified atom stereocenters. The zero-order valence-electron chi connectivity index (χ0n) is 21.2. The lowest BCUT2D eigenvalue weighted by atomic mass is 9.97. The Bertz CT molecular complexity index is 1000. The Balaban J connectivity index is 1.57. The summed E-state index contributed by atoms with van der Waals surface area (Å²) in [6.45, 7) is 12.4. The molecule has 1 aliphatic heterocycles. The van der Waals surface area contributed by atoms with Crippen molar-refractivity contribution in [3.05, 3.63) is 29.8 Å². The molecule has 0 radical (unpaired) electrons. The molecule has 0 bridgehead atoms. The minimum absolute atomic E-state index is 0.0951. The Hall–Kier alpha value is -2.55. The van der Waals surface area contributed by atoms with E-state index in [1.807, 2.05) is 43.9 Å². The molecule has 0 spiro atoms. The van der Waals surface area contributed by atoms with Crippen molar-refractivity contribution in [2.45, 2.75) is 64.8 Å². The van der Waals surface area contributed by atoms with E-state index in [4.69, 9.17) is 4.74 Å². The predicted octanol–water partition coefficient (Wildman–Crippen LogP) is 4.47. The highest BCUT2D eigenvalue weighted by Crippen LogP contribution is 2.27. The summed E-state index contributed by atoms with van der Waals surface area (Å²) in [6, 6.07) is 8.12. The van der Waals surface area contributed by atoms with Crippen LogP contribution in [0.1, 0.15) is 46.1 Å². The van der Waals surface area contributed by atoms with E-state index in [-0.39, 0.29) is 17.9 Å². The molecule has 186 valence electrons. The molecule has 1 saturated heterocycles. The number of benzene rings is 1. The van der Waals surface area contributed by atoms with Gasteiger partial charge in [-0.3, -0.25) is 4.79 Å². The highest BCUT2D eigenvalue weighted by atomic mass is 32.2. The topological polar surface area (TPSA) is 80.6 Å². The maximum atomic E-state index is 13.0. The van der Waals surface area contributed by atoms with Gasteiger partial charge in [0.15, 0.2) is 11.0 Å². The molecule has 0 saturated carbocycles. The number of nitrogens with zero attached hydrogens (tertiary/aromatic N) is 5. The van der Waals surface area contributed by atoms with Gasteiger partial charge in [-0.1, -0.05) is 36.0 Å². The number of carbonyl (C=O) groups is 2. The second kappa shape index (κ2) is 11.3. The fourth-order valence-electron chi connectivity index (χ4n) is 4.16. The first-order valence-electron chi connectivity index (χ1n) is 11.9. The van der Waals surface area contributed by atoms with Crippen LogP contribution >= 0.6 is 11.8 Å². The van der Waals surface area contributed by atoms with E-state index in [0.29, 0.717) is 18.8 Å². The summed E-state index contributed by atoms with van der Waals surface area (Å²) >= 11 is 1.43. The number of piperidine rings is 1. The standard InChI is InChI=1S/C25H37N5O3S/c1-7-30-22(20-13-9-8-11-18(20)2)26-27-23(30)34-17-21(31)29-14-10-12-19(16-29)15-28(6)24(32)33-25(3,4)5/h8-9,11,13,19H,7,10,12,14-17H2,1-6H3. The van der Waals surface area contributed by atoms with Crippen molar-refractivity contribution in [3.8, 4) is 11.4 Å². The minimum atomic E-state index is -0.519. The van der Waals surface area contributed by atoms with E-state index in [1.165, 1.54) is 11.8 Å². The smallest absolute Gasteiger partial charge is 0.410 e. The van der Waals surface area contributed by atoms with E-state index >= 15 is 0 Å². The fraction of sp³-hybridized carbons (Fsp3) is 0.600. The van der Waals surface area contributed by atoms with E-state index in [2.05, 4.69) is 34.7 Å². The number of ether oxygens (including phenoxy) is 1. The second-order valence-electron chi connectivity index (χ2n) is 9.86. The summed E-state index contributed by atoms with van der Waals surface area (Å²) in [4.78, 5) is 28.8. The molecule has 9 heteroatoms. The highest BCUT2D eigenvalue weighted by Gasteiger charge is 2.28. The van der Waals surface area contributed by atoms with Crippen LogP contribution in [0, 0.1) is 12.8 Å². The minimum Gasteiger partial charge on any atom is -0.444 e. The molecule has 1 fully saturated rings. The number of aryl methyl sites for hydroxylation is 1. The zero-order chi connectivity index (χ0) is 24.9. The Morgan fingerprint density at radius 1 is 1.24 bits per heavy atom. The van der Waals surface area contributed by atoms with Crippen LogP contribution in [0.5, 0.6) is 0 Å². The van der Waals surface area contributed by atoms with Gasteiger partial charge in [0.05, 0.1) is 5.75 Å². The van der Waals surface area contributed by atoms with Crippen molar-refractivity contribution < 1.29 is 14.3 Å². The zero-order valence-corrected chi connectivity index (χ0v) is 22.0. The van der Waals surface area contributed by atoms with Crippen LogP contribution in [0.15, 0.2) is 29.4 Å². The van der Waals surface area contributed by atoms with Crippen molar-refractivity contribution in [1.29, 1.82) is 0 Å². The number of rotatable bonds is 7. The number of hydrogen-bond donors (Lipinski definition) is 0. The summed E-state index contributed by atoms with van der Waals surface area (Å²) in [5.41, 5.74) is 1.69. The van der Waals surface area contributed by atoms with Gasteiger partial charge in [-0.25, -0.2) is 4.79 Å². The average Bonchev–Trinajstić information content (AvgIpc) is 3.19. The van der Waals surface area contributed by atoms with Crippen LogP contribution in [0.3, 0.4) is 0 Å². The normalized spacial score (nSPS) is 16.4. The molecule has 2 amide bonds. The second-order valence-corrected chi connectivity index (χ2v) is 10.8. The quantitative estimate of drug-likeness (QED) is 0.536. The summed E-state index contributed by atoms with van der Waals surface area (Å²) in [5, 5.41) is 9.54. The predicted molar refractivity (Wildman–Crippen MR) is 135 cm³/mol. The van der Waals surface area contributed by atoms with Crippen LogP contribution in [-0.2, 0) is 16.1 Å². The van der Waals surface area contributed by atoms with Crippen LogP contribution in [0.4, 0.5) is 4.79 Å². The third kappa shape index (κ3) is 6.74. The van der Waals surface area contributed by atoms with Gasteiger partial charge in [0.2, 0.25) is 5.91 Å². The first-order valence-corrected chi connectivity index (χ1v) is 12.9. The molecule has 0 aliphatic carbocycles. The maximum absolute atomic E-state index is 13.0. The van der Waals surface area contributed by atoms with Gasteiger partial charge in [-0.2, -0.15) is 0 Å². The number of aromatic nitrogens is 3. The molecule has 3 rings (SSSR count). The summed E-state index contributed by atoms with van der Waals surface area (Å²) in [6.07, 6.45) is 1.61. The number of thioether (sulfide) groups is 1. The number of carbonyl (C=O) groups excluding carboxylic acids is 2. The Labute approximate surface area is 207 Å². The van der Waals surface area contributed by atoms with E-state index in [0.717, 1.165) is 48.0 Å². The van der Waals surface area contributed by atoms with Gasteiger partial charge in [0.25, 0.3) is 0 Å². The van der Waals surface area contributed by atoms with Gasteiger partial charge in [-0.05, 0) is 58.9 Å². The molecule has 2 heterocycles. The van der Waals surface area contributed by atoms with E-state index < -0.39 is 5.60 Å². The first-order chi connectivity index (χ1) is 16.1. The number of amides is 2. The molecule has 0 N–H and O–H groups in total. The molecule has 1 aromatic carbocycles. The van der Waals surface area contributed by atoms with Gasteiger partial charge >= 0.3 is 6.09 Å². The van der Waals surface area contributed by atoms with Gasteiger partial charge < -0.3 is 19.1 Å². The van der Waals surface area contributed by atoms with Crippen molar-refractivity contribution in [1.82, 2.24) is 24.6 Å². The van der Waals surface area contributed by atoms with Crippen molar-refractivity contribution in [3.63, 3.8) is 0 Å². The van der Waals surface area contributed by atoms with Crippen molar-refractivity contribution in [2.75, 3.05) is 32.4 Å². The fourth-order valence-corrected chi connectivity index (χ4v) is 5.07. The Kier molecular flexibility index (Phi) is 8.62. The summed E-state index contributed by atoms with van der Waals surface area (Å²) < 4.78 is 7.52. The largest absolute Gasteiger partial charge is 0.444 e. The number of likely N-dealkylation sites (tertiary alicyclic amines) is 1. The first kappa shape index (κ1) is 26.1. The van der Waals surface area contributed by atoms with Gasteiger partial charge in [0, 0.05) is 38.8 Å². The van der Waals surface area contributed by atoms with Crippen molar-refractivity contribution in [2.24, 2.45) is 5.92 Å². The molecular weight excluding hydrogens is 450 g/mol. The van der Waals surface area contributed by atoms with Crippen LogP contribution in [0.25, 0.3) is 11.4 Å². The molecule has 1 aliphatic rings. The van der Waals surface area contributed by atoms with Gasteiger partial charge in [-0.15, -0.1) is 10.2 Å². The number of hydrogen-bond acceptors (Lipinski definition) is 6. The molecule has 1 atom stereocenters. The molecule has 8 nitrogen and oxygen atoms in total. The van der Waals surface area contributed by atoms with E-state index in [1.54, 1.807) is 11.9 Å². The monoisotopic (exact) mass is 487 g/mol. The van der Waals surface area contributed by atoms with Crippen LogP contribution in [0.2, 0.25) is 0 Å². The van der Waals surface area contributed by atoms with Gasteiger partial charge in [0.1, 0.15) is 5.60 Å². The van der Waals surface area contributed by atoms with Crippen LogP contribution < -0.4 is 0 Å². The lowest BCUT2D eigenvalue weighted by molar-refractivity contribution is -0.130. The third-order valence-corrected chi connectivity index (χ3v) is 6.80. The lowest BCUT2D eigenvalue weighted by Crippen LogP contribution is -2.45. The van der Waals surface area contributed by atoms with Crippen LogP contribution in [-0.4, -0.2) is 74.6 Å².